The van der Waals surface area contributed by atoms with E-state index in [0.717, 1.165) is 12.8 Å². The van der Waals surface area contributed by atoms with Gasteiger partial charge in [0.25, 0.3) is 0 Å². The van der Waals surface area contributed by atoms with Gasteiger partial charge in [0.1, 0.15) is 0 Å². The smallest absolute Gasteiger partial charge is 0.244 e. The topological polar surface area (TPSA) is 69.1 Å². The number of rotatable bonds is 4. The number of allylic oxidation sites excluding steroid dienone is 1. The molecular formula is C7H14N2O. The van der Waals surface area contributed by atoms with Crippen molar-refractivity contribution in [1.29, 1.82) is 0 Å². The van der Waals surface area contributed by atoms with Crippen LogP contribution in [0.25, 0.3) is 0 Å². The number of primary amides is 1. The van der Waals surface area contributed by atoms with Crippen molar-refractivity contribution >= 4 is 5.91 Å². The van der Waals surface area contributed by atoms with E-state index in [1.807, 2.05) is 6.08 Å². The molecule has 3 heteroatoms. The summed E-state index contributed by atoms with van der Waals surface area (Å²) in [5.41, 5.74) is 10.8. The minimum absolute atomic E-state index is 0.350. The molecule has 0 aliphatic carbocycles. The van der Waals surface area contributed by atoms with E-state index in [-0.39, 0.29) is 5.91 Å². The second-order valence-electron chi connectivity index (χ2n) is 2.18. The molecule has 0 fully saturated rings. The summed E-state index contributed by atoms with van der Waals surface area (Å²) in [5, 5.41) is 0. The first-order chi connectivity index (χ1) is 4.68. The Balaban J connectivity index is 3.58. The summed E-state index contributed by atoms with van der Waals surface area (Å²) < 4.78 is 0. The molecule has 0 bridgehead atoms. The molecular weight excluding hydrogens is 128 g/mol. The fraction of sp³-hybridized carbons (Fsp3) is 0.571. The van der Waals surface area contributed by atoms with Gasteiger partial charge in [-0.1, -0.05) is 6.08 Å². The number of carbonyl (C=O) groups is 1. The lowest BCUT2D eigenvalue weighted by Gasteiger charge is -1.92. The van der Waals surface area contributed by atoms with Crippen molar-refractivity contribution in [3.05, 3.63) is 11.6 Å². The Hall–Kier alpha value is -0.830. The van der Waals surface area contributed by atoms with Gasteiger partial charge in [0.15, 0.2) is 0 Å². The second kappa shape index (κ2) is 4.99. The van der Waals surface area contributed by atoms with Gasteiger partial charge in [-0.3, -0.25) is 4.79 Å². The summed E-state index contributed by atoms with van der Waals surface area (Å²) in [5.74, 6) is -0.350. The molecule has 0 unspecified atom stereocenters. The Morgan fingerprint density at radius 3 is 2.60 bits per heavy atom. The van der Waals surface area contributed by atoms with Gasteiger partial charge in [-0.15, -0.1) is 0 Å². The third-order valence-electron chi connectivity index (χ3n) is 1.25. The first kappa shape index (κ1) is 9.17. The van der Waals surface area contributed by atoms with E-state index in [9.17, 15) is 4.79 Å². The molecule has 4 N–H and O–H groups in total. The molecule has 0 aliphatic rings. The lowest BCUT2D eigenvalue weighted by atomic mass is 10.2. The lowest BCUT2D eigenvalue weighted by molar-refractivity contribution is -0.114. The van der Waals surface area contributed by atoms with Gasteiger partial charge in [-0.2, -0.15) is 0 Å². The third-order valence-corrected chi connectivity index (χ3v) is 1.25. The third kappa shape index (κ3) is 4.09. The van der Waals surface area contributed by atoms with Gasteiger partial charge >= 0.3 is 0 Å². The van der Waals surface area contributed by atoms with Crippen LogP contribution in [0.3, 0.4) is 0 Å². The number of hydrogen-bond donors (Lipinski definition) is 2. The van der Waals surface area contributed by atoms with Crippen molar-refractivity contribution in [3.63, 3.8) is 0 Å². The molecule has 0 saturated carbocycles. The Morgan fingerprint density at radius 2 is 2.20 bits per heavy atom. The predicted octanol–water partition coefficient (Wildman–Crippen LogP) is 0.157. The standard InChI is InChI=1S/C7H14N2O/c1-6(7(9)10)4-2-3-5-8/h4H,2-3,5,8H2,1H3,(H2,9,10)/b6-4+. The summed E-state index contributed by atoms with van der Waals surface area (Å²) in [6, 6.07) is 0. The van der Waals surface area contributed by atoms with E-state index in [2.05, 4.69) is 0 Å². The van der Waals surface area contributed by atoms with E-state index in [0.29, 0.717) is 12.1 Å². The summed E-state index contributed by atoms with van der Waals surface area (Å²) in [6.45, 7) is 2.36. The first-order valence-electron chi connectivity index (χ1n) is 3.35. The number of unbranched alkanes of at least 4 members (excludes halogenated alkanes) is 1. The molecule has 58 valence electrons. The molecule has 0 aromatic rings. The van der Waals surface area contributed by atoms with Crippen molar-refractivity contribution in [2.45, 2.75) is 19.8 Å². The molecule has 1 amide bonds. The van der Waals surface area contributed by atoms with Crippen molar-refractivity contribution < 1.29 is 4.79 Å². The second-order valence-corrected chi connectivity index (χ2v) is 2.18. The first-order valence-corrected chi connectivity index (χ1v) is 3.35. The monoisotopic (exact) mass is 142 g/mol. The average molecular weight is 142 g/mol. The number of hydrogen-bond acceptors (Lipinski definition) is 2. The van der Waals surface area contributed by atoms with Crippen molar-refractivity contribution in [2.75, 3.05) is 6.54 Å². The minimum Gasteiger partial charge on any atom is -0.366 e. The molecule has 0 spiro atoms. The van der Waals surface area contributed by atoms with E-state index < -0.39 is 0 Å². The Kier molecular flexibility index (Phi) is 4.58. The molecule has 0 atom stereocenters. The largest absolute Gasteiger partial charge is 0.366 e. The fourth-order valence-electron chi connectivity index (χ4n) is 0.537. The molecule has 0 saturated heterocycles. The zero-order valence-electron chi connectivity index (χ0n) is 6.26. The normalized spacial score (nSPS) is 11.6. The molecule has 0 aliphatic heterocycles. The van der Waals surface area contributed by atoms with Crippen LogP contribution in [-0.2, 0) is 4.79 Å². The maximum atomic E-state index is 10.4. The quantitative estimate of drug-likeness (QED) is 0.433. The van der Waals surface area contributed by atoms with Crippen LogP contribution in [-0.4, -0.2) is 12.5 Å². The maximum absolute atomic E-state index is 10.4. The zero-order valence-corrected chi connectivity index (χ0v) is 6.26. The summed E-state index contributed by atoms with van der Waals surface area (Å²) >= 11 is 0. The summed E-state index contributed by atoms with van der Waals surface area (Å²) in [6.07, 6.45) is 3.56. The molecule has 0 aromatic carbocycles. The van der Waals surface area contributed by atoms with Crippen molar-refractivity contribution in [2.24, 2.45) is 11.5 Å². The average Bonchev–Trinajstić information content (AvgIpc) is 1.88. The highest BCUT2D eigenvalue weighted by molar-refractivity contribution is 5.91. The lowest BCUT2D eigenvalue weighted by Crippen LogP contribution is -2.11. The highest BCUT2D eigenvalue weighted by Crippen LogP contribution is 1.95. The van der Waals surface area contributed by atoms with Gasteiger partial charge < -0.3 is 11.5 Å². The molecule has 3 nitrogen and oxygen atoms in total. The van der Waals surface area contributed by atoms with E-state index in [4.69, 9.17) is 11.5 Å². The van der Waals surface area contributed by atoms with Crippen LogP contribution in [0.1, 0.15) is 19.8 Å². The minimum atomic E-state index is -0.350. The number of carbonyl (C=O) groups excluding carboxylic acids is 1. The van der Waals surface area contributed by atoms with Crippen LogP contribution in [0.15, 0.2) is 11.6 Å². The van der Waals surface area contributed by atoms with Gasteiger partial charge in [0, 0.05) is 5.57 Å². The van der Waals surface area contributed by atoms with Crippen molar-refractivity contribution in [3.8, 4) is 0 Å². The van der Waals surface area contributed by atoms with Crippen LogP contribution >= 0.6 is 0 Å². The van der Waals surface area contributed by atoms with Crippen LogP contribution < -0.4 is 11.5 Å². The Bertz CT molecular complexity index is 141. The van der Waals surface area contributed by atoms with Gasteiger partial charge in [0.05, 0.1) is 0 Å². The van der Waals surface area contributed by atoms with E-state index in [1.165, 1.54) is 0 Å². The highest BCUT2D eigenvalue weighted by atomic mass is 16.1. The maximum Gasteiger partial charge on any atom is 0.244 e. The molecule has 0 rings (SSSR count). The predicted molar refractivity (Wildman–Crippen MR) is 41.2 cm³/mol. The van der Waals surface area contributed by atoms with Crippen LogP contribution in [0.2, 0.25) is 0 Å². The Labute approximate surface area is 61.1 Å². The summed E-state index contributed by atoms with van der Waals surface area (Å²) in [7, 11) is 0. The fourth-order valence-corrected chi connectivity index (χ4v) is 0.537. The SMILES string of the molecule is C/C(=C\CCCN)C(N)=O. The van der Waals surface area contributed by atoms with Gasteiger partial charge in [-0.05, 0) is 26.3 Å². The van der Waals surface area contributed by atoms with E-state index >= 15 is 0 Å². The number of nitrogens with two attached hydrogens (primary N) is 2. The Morgan fingerprint density at radius 1 is 1.60 bits per heavy atom. The van der Waals surface area contributed by atoms with Crippen LogP contribution in [0, 0.1) is 0 Å². The zero-order chi connectivity index (χ0) is 7.98. The summed E-state index contributed by atoms with van der Waals surface area (Å²) in [4.78, 5) is 10.4. The van der Waals surface area contributed by atoms with Crippen molar-refractivity contribution in [1.82, 2.24) is 0 Å². The number of amides is 1. The molecule has 0 aromatic heterocycles. The molecule has 0 heterocycles. The highest BCUT2D eigenvalue weighted by Gasteiger charge is 1.93. The molecule has 10 heavy (non-hydrogen) atoms. The van der Waals surface area contributed by atoms with Crippen LogP contribution in [0.5, 0.6) is 0 Å². The molecule has 0 radical (unpaired) electrons. The van der Waals surface area contributed by atoms with Gasteiger partial charge in [0.2, 0.25) is 5.91 Å². The van der Waals surface area contributed by atoms with Gasteiger partial charge in [-0.25, -0.2) is 0 Å². The van der Waals surface area contributed by atoms with Crippen LogP contribution in [0.4, 0.5) is 0 Å². The van der Waals surface area contributed by atoms with E-state index in [1.54, 1.807) is 6.92 Å².